The lowest BCUT2D eigenvalue weighted by Crippen LogP contribution is -2.49. The number of nitrogens with zero attached hydrogens (tertiary/aromatic N) is 1. The third-order valence-corrected chi connectivity index (χ3v) is 7.36. The Morgan fingerprint density at radius 3 is 2.39 bits per heavy atom. The number of unbranched alkanes of at least 4 members (excludes halogenated alkanes) is 1. The maximum Gasteiger partial charge on any atom is 0.242 e. The van der Waals surface area contributed by atoms with E-state index in [0.29, 0.717) is 38.8 Å². The highest BCUT2D eigenvalue weighted by Gasteiger charge is 2.28. The predicted octanol–water partition coefficient (Wildman–Crippen LogP) is 7.26. The van der Waals surface area contributed by atoms with Crippen molar-refractivity contribution >= 4 is 70.0 Å². The van der Waals surface area contributed by atoms with Crippen LogP contribution >= 0.6 is 58.2 Å². The Morgan fingerprint density at radius 2 is 1.76 bits per heavy atom. The minimum atomic E-state index is -0.591. The SMILES string of the molecule is CCCCNC(=O)[C@H](CC)N(Cc1ccc(Cl)cc1Cl)C(=O)CSCc1ccc(Cl)c(Cl)c1. The van der Waals surface area contributed by atoms with Gasteiger partial charge < -0.3 is 10.2 Å². The first-order valence-corrected chi connectivity index (χ1v) is 13.5. The van der Waals surface area contributed by atoms with E-state index in [2.05, 4.69) is 12.2 Å². The van der Waals surface area contributed by atoms with Gasteiger partial charge in [-0.3, -0.25) is 9.59 Å². The first-order chi connectivity index (χ1) is 15.8. The van der Waals surface area contributed by atoms with Crippen LogP contribution in [0.5, 0.6) is 0 Å². The van der Waals surface area contributed by atoms with Gasteiger partial charge in [0.2, 0.25) is 11.8 Å². The molecule has 0 aliphatic heterocycles. The van der Waals surface area contributed by atoms with Crippen molar-refractivity contribution in [2.45, 2.75) is 51.4 Å². The highest BCUT2D eigenvalue weighted by atomic mass is 35.5. The summed E-state index contributed by atoms with van der Waals surface area (Å²) in [7, 11) is 0. The van der Waals surface area contributed by atoms with Crippen LogP contribution in [0.25, 0.3) is 0 Å². The molecule has 0 unspecified atom stereocenters. The summed E-state index contributed by atoms with van der Waals surface area (Å²) in [5.74, 6) is 0.518. The first-order valence-electron chi connectivity index (χ1n) is 10.8. The number of thioether (sulfide) groups is 1. The first kappa shape index (κ1) is 28.1. The van der Waals surface area contributed by atoms with Gasteiger partial charge in [-0.25, -0.2) is 0 Å². The van der Waals surface area contributed by atoms with Crippen molar-refractivity contribution in [3.8, 4) is 0 Å². The minimum Gasteiger partial charge on any atom is -0.354 e. The summed E-state index contributed by atoms with van der Waals surface area (Å²) >= 11 is 25.9. The van der Waals surface area contributed by atoms with Crippen LogP contribution in [0, 0.1) is 0 Å². The fourth-order valence-corrected chi connectivity index (χ4v) is 4.87. The van der Waals surface area contributed by atoms with Gasteiger partial charge in [0.05, 0.1) is 15.8 Å². The van der Waals surface area contributed by atoms with Gasteiger partial charge in [0, 0.05) is 28.9 Å². The number of hydrogen-bond acceptors (Lipinski definition) is 3. The minimum absolute atomic E-state index is 0.136. The lowest BCUT2D eigenvalue weighted by Gasteiger charge is -2.31. The van der Waals surface area contributed by atoms with Crippen molar-refractivity contribution in [3.63, 3.8) is 0 Å². The summed E-state index contributed by atoms with van der Waals surface area (Å²) in [6.45, 7) is 4.77. The standard InChI is InChI=1S/C24H28Cl4N2O2S/c1-3-5-10-29-24(32)22(4-2)30(13-17-7-8-18(25)12-20(17)27)23(31)15-33-14-16-6-9-19(26)21(28)11-16/h6-9,11-12,22H,3-5,10,13-15H2,1-2H3,(H,29,32)/t22-/m0/s1. The van der Waals surface area contributed by atoms with Gasteiger partial charge >= 0.3 is 0 Å². The van der Waals surface area contributed by atoms with E-state index in [1.807, 2.05) is 13.0 Å². The van der Waals surface area contributed by atoms with E-state index in [-0.39, 0.29) is 24.1 Å². The molecule has 180 valence electrons. The van der Waals surface area contributed by atoms with Crippen molar-refractivity contribution in [3.05, 3.63) is 67.6 Å². The number of benzene rings is 2. The van der Waals surface area contributed by atoms with Crippen LogP contribution in [0.3, 0.4) is 0 Å². The Morgan fingerprint density at radius 1 is 1.00 bits per heavy atom. The van der Waals surface area contributed by atoms with Crippen LogP contribution in [0.15, 0.2) is 36.4 Å². The number of carbonyl (C=O) groups is 2. The van der Waals surface area contributed by atoms with Gasteiger partial charge in [-0.05, 0) is 48.2 Å². The van der Waals surface area contributed by atoms with Crippen molar-refractivity contribution in [1.29, 1.82) is 0 Å². The average Bonchev–Trinajstić information content (AvgIpc) is 2.77. The summed E-state index contributed by atoms with van der Waals surface area (Å²) in [5.41, 5.74) is 1.71. The Kier molecular flexibility index (Phi) is 12.2. The summed E-state index contributed by atoms with van der Waals surface area (Å²) in [6.07, 6.45) is 2.36. The van der Waals surface area contributed by atoms with Crippen LogP contribution in [-0.2, 0) is 21.9 Å². The smallest absolute Gasteiger partial charge is 0.242 e. The fourth-order valence-electron chi connectivity index (χ4n) is 3.23. The number of rotatable bonds is 12. The third-order valence-electron chi connectivity index (χ3n) is 5.05. The summed E-state index contributed by atoms with van der Waals surface area (Å²) < 4.78 is 0. The molecule has 0 aliphatic rings. The van der Waals surface area contributed by atoms with Crippen molar-refractivity contribution < 1.29 is 9.59 Å². The van der Waals surface area contributed by atoms with Gasteiger partial charge in [-0.1, -0.05) is 78.8 Å². The second-order valence-electron chi connectivity index (χ2n) is 7.57. The summed E-state index contributed by atoms with van der Waals surface area (Å²) in [6, 6.07) is 9.98. The molecule has 0 heterocycles. The monoisotopic (exact) mass is 548 g/mol. The van der Waals surface area contributed by atoms with E-state index in [4.69, 9.17) is 46.4 Å². The molecule has 0 fully saturated rings. The molecular formula is C24H28Cl4N2O2S. The number of hydrogen-bond donors (Lipinski definition) is 1. The second kappa shape index (κ2) is 14.3. The Labute approximate surface area is 220 Å². The lowest BCUT2D eigenvalue weighted by atomic mass is 10.1. The van der Waals surface area contributed by atoms with Gasteiger partial charge in [0.1, 0.15) is 6.04 Å². The normalized spacial score (nSPS) is 11.8. The summed E-state index contributed by atoms with van der Waals surface area (Å²) in [5, 5.41) is 4.91. The average molecular weight is 550 g/mol. The van der Waals surface area contributed by atoms with Crippen molar-refractivity contribution in [2.75, 3.05) is 12.3 Å². The molecule has 0 bridgehead atoms. The Balaban J connectivity index is 2.15. The predicted molar refractivity (Wildman–Crippen MR) is 142 cm³/mol. The van der Waals surface area contributed by atoms with E-state index >= 15 is 0 Å². The van der Waals surface area contributed by atoms with E-state index in [1.165, 1.54) is 11.8 Å². The lowest BCUT2D eigenvalue weighted by molar-refractivity contribution is -0.139. The highest BCUT2D eigenvalue weighted by molar-refractivity contribution is 7.99. The van der Waals surface area contributed by atoms with E-state index in [9.17, 15) is 9.59 Å². The zero-order chi connectivity index (χ0) is 24.4. The zero-order valence-electron chi connectivity index (χ0n) is 18.7. The molecule has 0 aromatic heterocycles. The number of carbonyl (C=O) groups excluding carboxylic acids is 2. The van der Waals surface area contributed by atoms with Crippen LogP contribution in [0.2, 0.25) is 20.1 Å². The molecule has 0 aliphatic carbocycles. The maximum absolute atomic E-state index is 13.3. The van der Waals surface area contributed by atoms with E-state index in [1.54, 1.807) is 35.2 Å². The molecule has 4 nitrogen and oxygen atoms in total. The van der Waals surface area contributed by atoms with E-state index in [0.717, 1.165) is 24.0 Å². The molecule has 2 rings (SSSR count). The van der Waals surface area contributed by atoms with Crippen molar-refractivity contribution in [2.24, 2.45) is 0 Å². The van der Waals surface area contributed by atoms with Gasteiger partial charge in [0.25, 0.3) is 0 Å². The third kappa shape index (κ3) is 8.88. The van der Waals surface area contributed by atoms with Gasteiger partial charge in [-0.15, -0.1) is 11.8 Å². The molecule has 1 N–H and O–H groups in total. The second-order valence-corrected chi connectivity index (χ2v) is 10.2. The molecule has 2 aromatic carbocycles. The number of halogens is 4. The van der Waals surface area contributed by atoms with Crippen molar-refractivity contribution in [1.82, 2.24) is 10.2 Å². The molecule has 0 saturated heterocycles. The Bertz CT molecular complexity index is 958. The molecule has 0 radical (unpaired) electrons. The topological polar surface area (TPSA) is 49.4 Å². The molecule has 0 spiro atoms. The molecule has 33 heavy (non-hydrogen) atoms. The quantitative estimate of drug-likeness (QED) is 0.283. The van der Waals surface area contributed by atoms with Crippen LogP contribution in [0.1, 0.15) is 44.2 Å². The van der Waals surface area contributed by atoms with Gasteiger partial charge in [0.15, 0.2) is 0 Å². The van der Waals surface area contributed by atoms with Crippen LogP contribution in [0.4, 0.5) is 0 Å². The molecule has 1 atom stereocenters. The Hall–Kier alpha value is -1.11. The molecule has 0 saturated carbocycles. The molecular weight excluding hydrogens is 522 g/mol. The largest absolute Gasteiger partial charge is 0.354 e. The molecule has 2 amide bonds. The van der Waals surface area contributed by atoms with E-state index < -0.39 is 6.04 Å². The maximum atomic E-state index is 13.3. The van der Waals surface area contributed by atoms with Crippen LogP contribution < -0.4 is 5.32 Å². The highest BCUT2D eigenvalue weighted by Crippen LogP contribution is 2.26. The molecule has 9 heteroatoms. The zero-order valence-corrected chi connectivity index (χ0v) is 22.5. The fraction of sp³-hybridized carbons (Fsp3) is 0.417. The number of nitrogens with one attached hydrogen (secondary N) is 1. The van der Waals surface area contributed by atoms with Crippen LogP contribution in [-0.4, -0.2) is 35.1 Å². The molecule has 2 aromatic rings. The van der Waals surface area contributed by atoms with Gasteiger partial charge in [-0.2, -0.15) is 0 Å². The summed E-state index contributed by atoms with van der Waals surface area (Å²) in [4.78, 5) is 27.8. The number of amides is 2.